The summed E-state index contributed by atoms with van der Waals surface area (Å²) < 4.78 is 6.85. The smallest absolute Gasteiger partial charge is 0.331 e. The first kappa shape index (κ1) is 20.0. The molecule has 1 heterocycles. The first-order chi connectivity index (χ1) is 12.2. The first-order valence-corrected chi connectivity index (χ1v) is 8.60. The van der Waals surface area contributed by atoms with Crippen molar-refractivity contribution in [3.63, 3.8) is 0 Å². The number of hydrogen-bond acceptors (Lipinski definition) is 4. The van der Waals surface area contributed by atoms with E-state index in [1.807, 2.05) is 20.9 Å². The van der Waals surface area contributed by atoms with Gasteiger partial charge in [0, 0.05) is 24.4 Å². The van der Waals surface area contributed by atoms with Crippen LogP contribution in [-0.4, -0.2) is 27.8 Å². The van der Waals surface area contributed by atoms with Gasteiger partial charge in [0.15, 0.2) is 6.10 Å². The van der Waals surface area contributed by atoms with Crippen molar-refractivity contribution in [3.8, 4) is 0 Å². The van der Waals surface area contributed by atoms with Gasteiger partial charge in [-0.1, -0.05) is 29.3 Å². The van der Waals surface area contributed by atoms with Crippen LogP contribution in [0.4, 0.5) is 5.69 Å². The number of aromatic nitrogens is 2. The molecule has 1 aromatic carbocycles. The van der Waals surface area contributed by atoms with E-state index in [-0.39, 0.29) is 5.69 Å². The lowest BCUT2D eigenvalue weighted by Crippen LogP contribution is -2.29. The molecule has 0 saturated heterocycles. The molecule has 8 heteroatoms. The maximum atomic E-state index is 12.2. The van der Waals surface area contributed by atoms with Gasteiger partial charge in [-0.15, -0.1) is 0 Å². The molecule has 2 rings (SSSR count). The minimum absolute atomic E-state index is 0.279. The largest absolute Gasteiger partial charge is 0.449 e. The van der Waals surface area contributed by atoms with Gasteiger partial charge in [-0.05, 0) is 39.0 Å². The van der Waals surface area contributed by atoms with Crippen molar-refractivity contribution in [2.45, 2.75) is 26.9 Å². The summed E-state index contributed by atoms with van der Waals surface area (Å²) in [6.07, 6.45) is 1.87. The zero-order valence-electron chi connectivity index (χ0n) is 14.8. The molecule has 138 valence electrons. The number of halogens is 2. The van der Waals surface area contributed by atoms with Crippen molar-refractivity contribution in [1.29, 1.82) is 0 Å². The highest BCUT2D eigenvalue weighted by molar-refractivity contribution is 6.39. The second kappa shape index (κ2) is 8.38. The standard InChI is InChI=1S/C18H19Cl2N3O3/c1-10-13(11(2)23(4)22-10)8-9-16(24)26-12(3)18(25)21-17-14(19)6-5-7-15(17)20/h5-9,12H,1-4H3,(H,21,25)/b9-8+/t12-/m1/s1. The van der Waals surface area contributed by atoms with Crippen LogP contribution in [0.25, 0.3) is 6.08 Å². The zero-order valence-corrected chi connectivity index (χ0v) is 16.4. The van der Waals surface area contributed by atoms with E-state index in [1.54, 1.807) is 29.0 Å². The Bertz CT molecular complexity index is 855. The van der Waals surface area contributed by atoms with Gasteiger partial charge in [0.2, 0.25) is 0 Å². The van der Waals surface area contributed by atoms with Crippen LogP contribution in [0.3, 0.4) is 0 Å². The highest BCUT2D eigenvalue weighted by Gasteiger charge is 2.19. The van der Waals surface area contributed by atoms with E-state index < -0.39 is 18.0 Å². The summed E-state index contributed by atoms with van der Waals surface area (Å²) in [5.41, 5.74) is 2.84. The Hall–Kier alpha value is -2.31. The molecule has 0 saturated carbocycles. The first-order valence-electron chi connectivity index (χ1n) is 7.84. The molecule has 6 nitrogen and oxygen atoms in total. The number of hydrogen-bond donors (Lipinski definition) is 1. The van der Waals surface area contributed by atoms with Crippen molar-refractivity contribution >= 4 is 46.8 Å². The molecule has 26 heavy (non-hydrogen) atoms. The fraction of sp³-hybridized carbons (Fsp3) is 0.278. The van der Waals surface area contributed by atoms with Crippen LogP contribution in [0.5, 0.6) is 0 Å². The third-order valence-corrected chi connectivity index (χ3v) is 4.45. The average molecular weight is 396 g/mol. The minimum Gasteiger partial charge on any atom is -0.449 e. The molecule has 2 aromatic rings. The topological polar surface area (TPSA) is 73.2 Å². The second-order valence-electron chi connectivity index (χ2n) is 5.71. The molecule has 1 amide bonds. The molecule has 1 atom stereocenters. The predicted molar refractivity (Wildman–Crippen MR) is 102 cm³/mol. The van der Waals surface area contributed by atoms with Crippen LogP contribution in [0.15, 0.2) is 24.3 Å². The molecule has 1 aromatic heterocycles. The Kier molecular flexibility index (Phi) is 6.45. The number of aryl methyl sites for hydroxylation is 2. The molecule has 1 N–H and O–H groups in total. The maximum Gasteiger partial charge on any atom is 0.331 e. The second-order valence-corrected chi connectivity index (χ2v) is 6.52. The molecular formula is C18H19Cl2N3O3. The molecule has 0 aliphatic rings. The fourth-order valence-corrected chi connectivity index (χ4v) is 2.78. The quantitative estimate of drug-likeness (QED) is 0.614. The van der Waals surface area contributed by atoms with Crippen LogP contribution in [-0.2, 0) is 21.4 Å². The molecule has 0 bridgehead atoms. The summed E-state index contributed by atoms with van der Waals surface area (Å²) >= 11 is 12.0. The van der Waals surface area contributed by atoms with Crippen molar-refractivity contribution in [1.82, 2.24) is 9.78 Å². The van der Waals surface area contributed by atoms with Crippen molar-refractivity contribution in [2.75, 3.05) is 5.32 Å². The minimum atomic E-state index is -1.02. The third kappa shape index (κ3) is 4.65. The van der Waals surface area contributed by atoms with E-state index in [2.05, 4.69) is 10.4 Å². The van der Waals surface area contributed by atoms with E-state index in [0.717, 1.165) is 17.0 Å². The summed E-state index contributed by atoms with van der Waals surface area (Å²) in [6.45, 7) is 5.21. The number of para-hydroxylation sites is 1. The van der Waals surface area contributed by atoms with Crippen LogP contribution >= 0.6 is 23.2 Å². The van der Waals surface area contributed by atoms with E-state index in [1.165, 1.54) is 13.0 Å². The molecule has 0 aliphatic carbocycles. The van der Waals surface area contributed by atoms with Crippen LogP contribution in [0.1, 0.15) is 23.9 Å². The number of amides is 1. The number of nitrogens with one attached hydrogen (secondary N) is 1. The lowest BCUT2D eigenvalue weighted by molar-refractivity contribution is -0.148. The molecule has 0 aliphatic heterocycles. The average Bonchev–Trinajstić information content (AvgIpc) is 2.81. The number of rotatable bonds is 5. The number of nitrogens with zero attached hydrogens (tertiary/aromatic N) is 2. The Morgan fingerprint density at radius 1 is 1.27 bits per heavy atom. The van der Waals surface area contributed by atoms with Crippen LogP contribution < -0.4 is 5.32 Å². The highest BCUT2D eigenvalue weighted by atomic mass is 35.5. The number of anilines is 1. The summed E-state index contributed by atoms with van der Waals surface area (Å²) in [7, 11) is 1.82. The molecule has 0 spiro atoms. The Morgan fingerprint density at radius 3 is 2.42 bits per heavy atom. The van der Waals surface area contributed by atoms with Crippen molar-refractivity contribution in [2.24, 2.45) is 7.05 Å². The van der Waals surface area contributed by atoms with Gasteiger partial charge in [0.1, 0.15) is 0 Å². The molecular weight excluding hydrogens is 377 g/mol. The molecule has 0 unspecified atom stereocenters. The number of carbonyl (C=O) groups is 2. The molecule has 0 radical (unpaired) electrons. The lowest BCUT2D eigenvalue weighted by atomic mass is 10.2. The summed E-state index contributed by atoms with van der Waals surface area (Å²) in [5.74, 6) is -1.17. The number of benzene rings is 1. The van der Waals surface area contributed by atoms with Gasteiger partial charge < -0.3 is 10.1 Å². The predicted octanol–water partition coefficient (Wildman–Crippen LogP) is 3.93. The summed E-state index contributed by atoms with van der Waals surface area (Å²) in [5, 5.41) is 7.42. The van der Waals surface area contributed by atoms with Crippen LogP contribution in [0.2, 0.25) is 10.0 Å². The zero-order chi connectivity index (χ0) is 19.4. The molecule has 0 fully saturated rings. The van der Waals surface area contributed by atoms with Crippen molar-refractivity contribution in [3.05, 3.63) is 51.3 Å². The number of esters is 1. The highest BCUT2D eigenvalue weighted by Crippen LogP contribution is 2.29. The Labute approximate surface area is 161 Å². The Balaban J connectivity index is 2.00. The van der Waals surface area contributed by atoms with E-state index >= 15 is 0 Å². The van der Waals surface area contributed by atoms with Gasteiger partial charge in [-0.3, -0.25) is 9.48 Å². The number of ether oxygens (including phenoxy) is 1. The fourth-order valence-electron chi connectivity index (χ4n) is 2.29. The van der Waals surface area contributed by atoms with Gasteiger partial charge in [0.25, 0.3) is 5.91 Å². The van der Waals surface area contributed by atoms with Gasteiger partial charge in [0.05, 0.1) is 21.4 Å². The monoisotopic (exact) mass is 395 g/mol. The SMILES string of the molecule is Cc1nn(C)c(C)c1/C=C/C(=O)O[C@H](C)C(=O)Nc1c(Cl)cccc1Cl. The Morgan fingerprint density at radius 2 is 1.88 bits per heavy atom. The van der Waals surface area contributed by atoms with Gasteiger partial charge in [-0.25, -0.2) is 4.79 Å². The summed E-state index contributed by atoms with van der Waals surface area (Å²) in [4.78, 5) is 24.2. The van der Waals surface area contributed by atoms with E-state index in [4.69, 9.17) is 27.9 Å². The van der Waals surface area contributed by atoms with E-state index in [0.29, 0.717) is 10.0 Å². The number of carbonyl (C=O) groups excluding carboxylic acids is 2. The summed E-state index contributed by atoms with van der Waals surface area (Å²) in [6, 6.07) is 4.86. The van der Waals surface area contributed by atoms with Gasteiger partial charge in [-0.2, -0.15) is 5.10 Å². The normalized spacial score (nSPS) is 12.2. The maximum absolute atomic E-state index is 12.2. The third-order valence-electron chi connectivity index (χ3n) is 3.82. The van der Waals surface area contributed by atoms with Crippen molar-refractivity contribution < 1.29 is 14.3 Å². The van der Waals surface area contributed by atoms with E-state index in [9.17, 15) is 9.59 Å². The van der Waals surface area contributed by atoms with Gasteiger partial charge >= 0.3 is 5.97 Å². The lowest BCUT2D eigenvalue weighted by Gasteiger charge is -2.14. The van der Waals surface area contributed by atoms with Crippen LogP contribution in [0, 0.1) is 13.8 Å².